The third-order valence-corrected chi connectivity index (χ3v) is 12.8. The predicted molar refractivity (Wildman–Crippen MR) is 279 cm³/mol. The summed E-state index contributed by atoms with van der Waals surface area (Å²) < 4.78 is 71.3. The zero-order valence-corrected chi connectivity index (χ0v) is 42.1. The number of methoxy groups -OCH3 is 1. The molecule has 0 radical (unpaired) electrons. The number of esters is 4. The van der Waals surface area contributed by atoms with Crippen molar-refractivity contribution in [2.24, 2.45) is 0 Å². The molecule has 7 aromatic carbocycles. The minimum Gasteiger partial charge on any atom is -0.459 e. The molecule has 77 heavy (non-hydrogen) atoms. The lowest BCUT2D eigenvalue weighted by molar-refractivity contribution is -0.340. The number of ether oxygens (including phenoxy) is 11. The Kier molecular flexibility index (Phi) is 19.1. The molecule has 0 unspecified atom stereocenters. The van der Waals surface area contributed by atoms with E-state index in [4.69, 9.17) is 52.1 Å². The van der Waals surface area contributed by atoms with Crippen LogP contribution in [0.1, 0.15) is 58.1 Å². The van der Waals surface area contributed by atoms with Crippen molar-refractivity contribution in [3.63, 3.8) is 0 Å². The molecule has 396 valence electrons. The summed E-state index contributed by atoms with van der Waals surface area (Å²) >= 11 is 0. The van der Waals surface area contributed by atoms with Gasteiger partial charge in [-0.25, -0.2) is 19.2 Å². The van der Waals surface area contributed by atoms with Crippen LogP contribution in [0.2, 0.25) is 0 Å². The SMILES string of the molecule is CO[C@H]1O[C@H](CO[C@H]2O[C@H](COC(=O)c3ccccc3)[C@@H](OC(=O)c3ccccc3)[C@H](OC(=O)c3ccccc3)[C@H]2OC(=O)c2ccccc2)[C@@H](OCc2ccccc2)[C@H](OCc2ccccc2)[C@H]1OCc1ccccc1. The van der Waals surface area contributed by atoms with Crippen LogP contribution in [-0.4, -0.2) is 106 Å². The molecule has 15 nitrogen and oxygen atoms in total. The van der Waals surface area contributed by atoms with Crippen LogP contribution in [0.4, 0.5) is 0 Å². The molecule has 9 rings (SSSR count). The van der Waals surface area contributed by atoms with Gasteiger partial charge < -0.3 is 52.1 Å². The number of rotatable bonds is 22. The molecular weight excluding hydrogens is 985 g/mol. The van der Waals surface area contributed by atoms with E-state index in [0.717, 1.165) is 16.7 Å². The fourth-order valence-electron chi connectivity index (χ4n) is 8.92. The van der Waals surface area contributed by atoms with Gasteiger partial charge in [0.25, 0.3) is 0 Å². The van der Waals surface area contributed by atoms with Crippen LogP contribution >= 0.6 is 0 Å². The zero-order valence-electron chi connectivity index (χ0n) is 42.1. The molecular formula is C62H58O15. The van der Waals surface area contributed by atoms with Crippen molar-refractivity contribution in [3.8, 4) is 0 Å². The summed E-state index contributed by atoms with van der Waals surface area (Å²) in [4.78, 5) is 56.4. The Morgan fingerprint density at radius 2 is 0.675 bits per heavy atom. The lowest BCUT2D eigenvalue weighted by Crippen LogP contribution is -2.64. The van der Waals surface area contributed by atoms with Crippen LogP contribution in [0.15, 0.2) is 212 Å². The third-order valence-electron chi connectivity index (χ3n) is 12.8. The molecule has 2 aliphatic heterocycles. The van der Waals surface area contributed by atoms with E-state index in [9.17, 15) is 19.2 Å². The van der Waals surface area contributed by atoms with Crippen molar-refractivity contribution >= 4 is 23.9 Å². The number of carbonyl (C=O) groups is 4. The van der Waals surface area contributed by atoms with Gasteiger partial charge in [0.2, 0.25) is 0 Å². The average Bonchev–Trinajstić information content (AvgIpc) is 3.50. The first-order valence-electron chi connectivity index (χ1n) is 25.2. The van der Waals surface area contributed by atoms with E-state index >= 15 is 0 Å². The third kappa shape index (κ3) is 14.5. The van der Waals surface area contributed by atoms with Crippen molar-refractivity contribution in [2.75, 3.05) is 20.3 Å². The highest BCUT2D eigenvalue weighted by Crippen LogP contribution is 2.35. The molecule has 15 heteroatoms. The Labute approximate surface area is 446 Å². The molecule has 2 heterocycles. The van der Waals surface area contributed by atoms with E-state index in [1.54, 1.807) is 121 Å². The summed E-state index contributed by atoms with van der Waals surface area (Å²) in [5.41, 5.74) is 3.31. The molecule has 0 spiro atoms. The fourth-order valence-corrected chi connectivity index (χ4v) is 8.92. The molecule has 0 saturated carbocycles. The van der Waals surface area contributed by atoms with Crippen LogP contribution in [0.3, 0.4) is 0 Å². The standard InChI is InChI=1S/C62H58O15/c1-67-61-55(70-39-44-27-13-4-14-28-44)53(69-38-43-25-11-3-12-26-43)51(68-37-42-23-9-2-10-24-42)49(73-61)41-72-62-56(77-60(66)48-35-21-8-22-36-48)54(76-59(65)47-33-19-7-20-34-47)52(75-58(64)46-31-17-6-18-32-46)50(74-62)40-71-57(63)45-29-15-5-16-30-45/h2-36,49-56,61-62H,37-41H2,1H3/t49-,50-,51-,52-,53+,54+,55-,56-,61+,62+/m1/s1. The normalized spacial score (nSPS) is 23.0. The first-order chi connectivity index (χ1) is 37.8. The van der Waals surface area contributed by atoms with Crippen molar-refractivity contribution in [3.05, 3.63) is 251 Å². The first-order valence-corrected chi connectivity index (χ1v) is 25.2. The lowest BCUT2D eigenvalue weighted by Gasteiger charge is -2.47. The van der Waals surface area contributed by atoms with Crippen molar-refractivity contribution in [1.29, 1.82) is 0 Å². The maximum atomic E-state index is 14.3. The molecule has 0 N–H and O–H groups in total. The molecule has 0 aliphatic carbocycles. The summed E-state index contributed by atoms with van der Waals surface area (Å²) in [5, 5.41) is 0. The Morgan fingerprint density at radius 1 is 0.338 bits per heavy atom. The second-order valence-electron chi connectivity index (χ2n) is 18.1. The Balaban J connectivity index is 1.10. The van der Waals surface area contributed by atoms with Gasteiger partial charge in [-0.3, -0.25) is 0 Å². The van der Waals surface area contributed by atoms with Gasteiger partial charge in [-0.2, -0.15) is 0 Å². The van der Waals surface area contributed by atoms with Gasteiger partial charge in [0.1, 0.15) is 37.1 Å². The molecule has 10 atom stereocenters. The molecule has 0 bridgehead atoms. The van der Waals surface area contributed by atoms with Crippen molar-refractivity contribution in [1.82, 2.24) is 0 Å². The highest BCUT2D eigenvalue weighted by atomic mass is 16.8. The maximum Gasteiger partial charge on any atom is 0.338 e. The maximum absolute atomic E-state index is 14.3. The highest BCUT2D eigenvalue weighted by molar-refractivity contribution is 5.91. The number of hydrogen-bond donors (Lipinski definition) is 0. The van der Waals surface area contributed by atoms with E-state index in [0.29, 0.717) is 0 Å². The molecule has 2 fully saturated rings. The van der Waals surface area contributed by atoms with E-state index in [1.165, 1.54) is 7.11 Å². The van der Waals surface area contributed by atoms with Crippen LogP contribution in [0.25, 0.3) is 0 Å². The summed E-state index contributed by atoms with van der Waals surface area (Å²) in [6.45, 7) is -0.437. The number of carbonyl (C=O) groups excluding carboxylic acids is 4. The Bertz CT molecular complexity index is 2920. The fraction of sp³-hybridized carbons (Fsp3) is 0.258. The molecule has 0 amide bonds. The lowest BCUT2D eigenvalue weighted by atomic mass is 9.96. The van der Waals surface area contributed by atoms with Gasteiger partial charge >= 0.3 is 23.9 Å². The van der Waals surface area contributed by atoms with E-state index in [2.05, 4.69) is 0 Å². The van der Waals surface area contributed by atoms with Crippen LogP contribution in [-0.2, 0) is 71.9 Å². The smallest absolute Gasteiger partial charge is 0.338 e. The van der Waals surface area contributed by atoms with Gasteiger partial charge in [0.15, 0.2) is 30.9 Å². The Morgan fingerprint density at radius 3 is 1.10 bits per heavy atom. The summed E-state index contributed by atoms with van der Waals surface area (Å²) in [6.07, 6.45) is -12.7. The van der Waals surface area contributed by atoms with Gasteiger partial charge in [-0.05, 0) is 65.2 Å². The topological polar surface area (TPSA) is 170 Å². The van der Waals surface area contributed by atoms with Gasteiger partial charge in [-0.1, -0.05) is 164 Å². The molecule has 2 saturated heterocycles. The number of hydrogen-bond acceptors (Lipinski definition) is 15. The quantitative estimate of drug-likeness (QED) is 0.0464. The minimum atomic E-state index is -1.66. The number of benzene rings is 7. The van der Waals surface area contributed by atoms with Crippen LogP contribution in [0.5, 0.6) is 0 Å². The average molecular weight is 1040 g/mol. The molecule has 7 aromatic rings. The van der Waals surface area contributed by atoms with E-state index in [-0.39, 0.29) is 48.7 Å². The predicted octanol–water partition coefficient (Wildman–Crippen LogP) is 9.39. The minimum absolute atomic E-state index is 0.123. The second kappa shape index (κ2) is 27.3. The summed E-state index contributed by atoms with van der Waals surface area (Å²) in [7, 11) is 1.49. The highest BCUT2D eigenvalue weighted by Gasteiger charge is 2.55. The summed E-state index contributed by atoms with van der Waals surface area (Å²) in [6, 6.07) is 61.6. The van der Waals surface area contributed by atoms with Crippen molar-refractivity contribution in [2.45, 2.75) is 81.2 Å². The largest absolute Gasteiger partial charge is 0.459 e. The first kappa shape index (κ1) is 53.9. The monoisotopic (exact) mass is 1040 g/mol. The van der Waals surface area contributed by atoms with Crippen LogP contribution in [0, 0.1) is 0 Å². The van der Waals surface area contributed by atoms with Gasteiger partial charge in [-0.15, -0.1) is 0 Å². The molecule has 2 aliphatic rings. The summed E-state index contributed by atoms with van der Waals surface area (Å²) in [5.74, 6) is -3.26. The zero-order chi connectivity index (χ0) is 53.2. The second-order valence-corrected chi connectivity index (χ2v) is 18.1. The van der Waals surface area contributed by atoms with Crippen molar-refractivity contribution < 1.29 is 71.3 Å². The van der Waals surface area contributed by atoms with Gasteiger partial charge in [0, 0.05) is 7.11 Å². The molecule has 0 aromatic heterocycles. The van der Waals surface area contributed by atoms with E-state index in [1.807, 2.05) is 91.0 Å². The van der Waals surface area contributed by atoms with Gasteiger partial charge in [0.05, 0.1) is 48.7 Å². The van der Waals surface area contributed by atoms with E-state index < -0.39 is 91.9 Å². The van der Waals surface area contributed by atoms with Crippen LogP contribution < -0.4 is 0 Å². The Hall–Kier alpha value is -7.86.